The second-order valence-corrected chi connectivity index (χ2v) is 10.2. The Morgan fingerprint density at radius 3 is 2.67 bits per heavy atom. The van der Waals surface area contributed by atoms with Gasteiger partial charge in [-0.1, -0.05) is 54.7 Å². The molecule has 3 nitrogen and oxygen atoms in total. The van der Waals surface area contributed by atoms with Gasteiger partial charge in [0.2, 0.25) is 0 Å². The van der Waals surface area contributed by atoms with Crippen molar-refractivity contribution < 1.29 is 15.0 Å². The Morgan fingerprint density at radius 2 is 1.90 bits per heavy atom. The van der Waals surface area contributed by atoms with E-state index < -0.39 is 5.60 Å². The summed E-state index contributed by atoms with van der Waals surface area (Å²) in [7, 11) is 0. The third-order valence-corrected chi connectivity index (χ3v) is 9.06. The van der Waals surface area contributed by atoms with E-state index >= 15 is 0 Å². The first-order valence-corrected chi connectivity index (χ1v) is 11.6. The number of carbonyl (C=O) groups is 1. The van der Waals surface area contributed by atoms with Gasteiger partial charge in [-0.25, -0.2) is 0 Å². The van der Waals surface area contributed by atoms with Crippen LogP contribution in [0.3, 0.4) is 0 Å². The third-order valence-electron chi connectivity index (χ3n) is 9.06. The van der Waals surface area contributed by atoms with Crippen LogP contribution in [-0.4, -0.2) is 28.2 Å². The molecule has 1 aromatic rings. The number of ketones is 1. The van der Waals surface area contributed by atoms with Gasteiger partial charge in [0.1, 0.15) is 12.2 Å². The topological polar surface area (TPSA) is 57.5 Å². The number of hydrogen-bond acceptors (Lipinski definition) is 3. The minimum absolute atomic E-state index is 0.207. The van der Waals surface area contributed by atoms with Crippen molar-refractivity contribution in [3.63, 3.8) is 0 Å². The number of allylic oxidation sites excluding steroid dienone is 1. The lowest BCUT2D eigenvalue weighted by Gasteiger charge is -2.58. The normalized spacial score (nSPS) is 42.3. The molecule has 0 spiro atoms. The van der Waals surface area contributed by atoms with Gasteiger partial charge in [0.05, 0.1) is 0 Å². The van der Waals surface area contributed by atoms with Crippen LogP contribution in [-0.2, 0) is 4.79 Å². The standard InChI is InChI=1S/C27H32O3/c1-26-17-23(18-6-3-2-4-7-18)25-21-11-9-20(29)16-19(21)8-10-22(25)24(26)12-14-27(26,30)13-5-15-28/h2-4,6-7,16,21-25,28,30H,8-12,14-15,17H2,1H3/t21-,22-,23+,24-,25+,26-,27-/m0/s1. The van der Waals surface area contributed by atoms with E-state index in [1.807, 2.05) is 6.08 Å². The zero-order valence-electron chi connectivity index (χ0n) is 17.8. The van der Waals surface area contributed by atoms with E-state index in [4.69, 9.17) is 0 Å². The maximum Gasteiger partial charge on any atom is 0.155 e. The van der Waals surface area contributed by atoms with Crippen molar-refractivity contribution in [3.05, 3.63) is 47.5 Å². The summed E-state index contributed by atoms with van der Waals surface area (Å²) < 4.78 is 0. The third kappa shape index (κ3) is 2.92. The Hall–Kier alpha value is -1.89. The number of rotatable bonds is 1. The molecule has 158 valence electrons. The number of benzene rings is 1. The Balaban J connectivity index is 1.60. The Kier molecular flexibility index (Phi) is 4.92. The molecule has 5 rings (SSSR count). The zero-order valence-corrected chi connectivity index (χ0v) is 17.8. The van der Waals surface area contributed by atoms with Crippen LogP contribution in [0.15, 0.2) is 42.0 Å². The van der Waals surface area contributed by atoms with Crippen molar-refractivity contribution in [3.8, 4) is 11.8 Å². The summed E-state index contributed by atoms with van der Waals surface area (Å²) in [6.07, 6.45) is 8.34. The van der Waals surface area contributed by atoms with Gasteiger partial charge in [0.25, 0.3) is 0 Å². The first-order valence-electron chi connectivity index (χ1n) is 11.6. The van der Waals surface area contributed by atoms with Crippen LogP contribution >= 0.6 is 0 Å². The van der Waals surface area contributed by atoms with Crippen LogP contribution in [0.4, 0.5) is 0 Å². The van der Waals surface area contributed by atoms with Crippen LogP contribution in [0.5, 0.6) is 0 Å². The van der Waals surface area contributed by atoms with Crippen molar-refractivity contribution in [2.24, 2.45) is 29.1 Å². The van der Waals surface area contributed by atoms with Crippen molar-refractivity contribution in [2.45, 2.75) is 63.4 Å². The fraction of sp³-hybridized carbons (Fsp3) is 0.593. The summed E-state index contributed by atoms with van der Waals surface area (Å²) in [4.78, 5) is 12.1. The molecule has 7 atom stereocenters. The Labute approximate surface area is 179 Å². The molecule has 0 saturated heterocycles. The fourth-order valence-corrected chi connectivity index (χ4v) is 7.75. The van der Waals surface area contributed by atoms with Gasteiger partial charge in [-0.3, -0.25) is 4.79 Å². The molecular weight excluding hydrogens is 372 g/mol. The van der Waals surface area contributed by atoms with Crippen LogP contribution in [0, 0.1) is 40.9 Å². The van der Waals surface area contributed by atoms with Gasteiger partial charge in [-0.2, -0.15) is 0 Å². The highest BCUT2D eigenvalue weighted by Gasteiger charge is 2.64. The molecule has 0 heterocycles. The molecule has 3 saturated carbocycles. The monoisotopic (exact) mass is 404 g/mol. The summed E-state index contributed by atoms with van der Waals surface area (Å²) in [5, 5.41) is 20.9. The van der Waals surface area contributed by atoms with Gasteiger partial charge < -0.3 is 10.2 Å². The van der Waals surface area contributed by atoms with Gasteiger partial charge in [-0.15, -0.1) is 0 Å². The van der Waals surface area contributed by atoms with Crippen LogP contribution in [0.1, 0.15) is 63.4 Å². The van der Waals surface area contributed by atoms with Crippen molar-refractivity contribution in [2.75, 3.05) is 6.61 Å². The summed E-state index contributed by atoms with van der Waals surface area (Å²) in [5.41, 5.74) is 1.43. The number of aliphatic hydroxyl groups excluding tert-OH is 1. The average molecular weight is 405 g/mol. The minimum atomic E-state index is -1.03. The van der Waals surface area contributed by atoms with Gasteiger partial charge in [0, 0.05) is 11.8 Å². The lowest BCUT2D eigenvalue weighted by atomic mass is 9.46. The highest BCUT2D eigenvalue weighted by atomic mass is 16.3. The summed E-state index contributed by atoms with van der Waals surface area (Å²) in [5.74, 6) is 8.53. The summed E-state index contributed by atoms with van der Waals surface area (Å²) >= 11 is 0. The van der Waals surface area contributed by atoms with E-state index in [0.717, 1.165) is 32.1 Å². The first kappa shape index (κ1) is 20.0. The van der Waals surface area contributed by atoms with E-state index in [1.165, 1.54) is 11.1 Å². The lowest BCUT2D eigenvalue weighted by Crippen LogP contribution is -2.54. The number of carbonyl (C=O) groups excluding carboxylic acids is 1. The highest BCUT2D eigenvalue weighted by molar-refractivity contribution is 5.91. The zero-order chi connectivity index (χ0) is 20.9. The smallest absolute Gasteiger partial charge is 0.155 e. The summed E-state index contributed by atoms with van der Waals surface area (Å²) in [6.45, 7) is 2.04. The molecule has 30 heavy (non-hydrogen) atoms. The second-order valence-electron chi connectivity index (χ2n) is 10.2. The van der Waals surface area contributed by atoms with Gasteiger partial charge in [0.15, 0.2) is 5.78 Å². The molecule has 0 radical (unpaired) electrons. The predicted octanol–water partition coefficient (Wildman–Crippen LogP) is 4.25. The van der Waals surface area contributed by atoms with Gasteiger partial charge >= 0.3 is 0 Å². The van der Waals surface area contributed by atoms with Crippen LogP contribution < -0.4 is 0 Å². The number of aliphatic hydroxyl groups is 2. The molecule has 3 heteroatoms. The molecule has 4 aliphatic carbocycles. The lowest BCUT2D eigenvalue weighted by molar-refractivity contribution is -0.117. The van der Waals surface area contributed by atoms with E-state index in [1.54, 1.807) is 0 Å². The molecule has 3 fully saturated rings. The SMILES string of the molecule is C[C@]12C[C@H](c3ccccc3)[C@H]3[C@@H](CCC4=CC(=O)CC[C@@H]43)[C@@H]1CC[C@@]2(O)C#CCO. The van der Waals surface area contributed by atoms with E-state index in [0.29, 0.717) is 48.2 Å². The molecule has 1 aromatic carbocycles. The first-order chi connectivity index (χ1) is 14.5. The predicted molar refractivity (Wildman–Crippen MR) is 116 cm³/mol. The molecule has 0 aromatic heterocycles. The number of fused-ring (bicyclic) bond motifs is 5. The van der Waals surface area contributed by atoms with E-state index in [2.05, 4.69) is 49.1 Å². The van der Waals surface area contributed by atoms with Crippen molar-refractivity contribution in [1.29, 1.82) is 0 Å². The van der Waals surface area contributed by atoms with Crippen LogP contribution in [0.2, 0.25) is 0 Å². The maximum atomic E-state index is 12.1. The molecular formula is C27H32O3. The molecule has 0 amide bonds. The van der Waals surface area contributed by atoms with Gasteiger partial charge in [-0.05, 0) is 79.8 Å². The van der Waals surface area contributed by atoms with E-state index in [9.17, 15) is 15.0 Å². The largest absolute Gasteiger partial charge is 0.384 e. The number of hydrogen-bond donors (Lipinski definition) is 2. The fourth-order valence-electron chi connectivity index (χ4n) is 7.75. The van der Waals surface area contributed by atoms with Crippen molar-refractivity contribution >= 4 is 5.78 Å². The Morgan fingerprint density at radius 1 is 1.10 bits per heavy atom. The highest BCUT2D eigenvalue weighted by Crippen LogP contribution is 2.68. The maximum absolute atomic E-state index is 12.1. The van der Waals surface area contributed by atoms with Crippen LogP contribution in [0.25, 0.3) is 0 Å². The molecule has 2 N–H and O–H groups in total. The average Bonchev–Trinajstić information content (AvgIpc) is 3.02. The Bertz CT molecular complexity index is 922. The molecule has 0 bridgehead atoms. The molecule has 0 unspecified atom stereocenters. The molecule has 0 aliphatic heterocycles. The molecule has 4 aliphatic rings. The quantitative estimate of drug-likeness (QED) is 0.688. The van der Waals surface area contributed by atoms with E-state index in [-0.39, 0.29) is 12.0 Å². The summed E-state index contributed by atoms with van der Waals surface area (Å²) in [6, 6.07) is 10.8. The minimum Gasteiger partial charge on any atom is -0.384 e. The second kappa shape index (κ2) is 7.36. The van der Waals surface area contributed by atoms with Crippen molar-refractivity contribution in [1.82, 2.24) is 0 Å².